The molecule has 2 N–H and O–H groups in total. The number of hydrogen-bond donors (Lipinski definition) is 1. The van der Waals surface area contributed by atoms with E-state index in [1.165, 1.54) is 5.70 Å². The molecule has 0 spiro atoms. The highest BCUT2D eigenvalue weighted by atomic mass is 35.5. The second-order valence-corrected chi connectivity index (χ2v) is 5.17. The molecule has 0 bridgehead atoms. The fourth-order valence-corrected chi connectivity index (χ4v) is 2.71. The molecule has 0 unspecified atom stereocenters. The summed E-state index contributed by atoms with van der Waals surface area (Å²) in [6.07, 6.45) is 7.55. The fraction of sp³-hybridized carbons (Fsp3) is 0.692. The van der Waals surface area contributed by atoms with Crippen molar-refractivity contribution in [2.45, 2.75) is 19.3 Å². The van der Waals surface area contributed by atoms with E-state index in [1.807, 2.05) is 0 Å². The highest BCUT2D eigenvalue weighted by Gasteiger charge is 2.19. The molecule has 0 radical (unpaired) electrons. The lowest BCUT2D eigenvalue weighted by molar-refractivity contribution is 0.155. The Labute approximate surface area is 109 Å². The average Bonchev–Trinajstić information content (AvgIpc) is 2.37. The predicted octanol–water partition coefficient (Wildman–Crippen LogP) is 1.75. The first-order valence-electron chi connectivity index (χ1n) is 6.53. The van der Waals surface area contributed by atoms with E-state index in [0.29, 0.717) is 0 Å². The van der Waals surface area contributed by atoms with Crippen LogP contribution < -0.4 is 5.73 Å². The molecule has 4 heteroatoms. The first-order chi connectivity index (χ1) is 8.29. The van der Waals surface area contributed by atoms with E-state index in [4.69, 9.17) is 17.3 Å². The van der Waals surface area contributed by atoms with Crippen LogP contribution in [0.3, 0.4) is 0 Å². The van der Waals surface area contributed by atoms with Gasteiger partial charge in [-0.15, -0.1) is 0 Å². The smallest absolute Gasteiger partial charge is 0.0383 e. The van der Waals surface area contributed by atoms with Crippen molar-refractivity contribution in [1.29, 1.82) is 0 Å². The molecule has 3 nitrogen and oxygen atoms in total. The van der Waals surface area contributed by atoms with E-state index in [9.17, 15) is 0 Å². The first-order valence-corrected chi connectivity index (χ1v) is 6.91. The van der Waals surface area contributed by atoms with Crippen LogP contribution in [0.5, 0.6) is 0 Å². The maximum absolute atomic E-state index is 6.06. The summed E-state index contributed by atoms with van der Waals surface area (Å²) in [6, 6.07) is 0. The van der Waals surface area contributed by atoms with Gasteiger partial charge in [-0.25, -0.2) is 0 Å². The van der Waals surface area contributed by atoms with Crippen LogP contribution in [-0.2, 0) is 0 Å². The SMILES string of the molecule is NCCCN1CCN(C2=CC(Cl)=CCC2)CC1. The summed E-state index contributed by atoms with van der Waals surface area (Å²) < 4.78 is 0. The number of allylic oxidation sites excluding steroid dienone is 4. The Kier molecular flexibility index (Phi) is 4.89. The van der Waals surface area contributed by atoms with Crippen molar-refractivity contribution in [3.63, 3.8) is 0 Å². The summed E-state index contributed by atoms with van der Waals surface area (Å²) in [7, 11) is 0. The molecule has 0 atom stereocenters. The molecule has 1 saturated heterocycles. The highest BCUT2D eigenvalue weighted by molar-refractivity contribution is 6.31. The van der Waals surface area contributed by atoms with Crippen LogP contribution in [0.4, 0.5) is 0 Å². The van der Waals surface area contributed by atoms with Crippen LogP contribution >= 0.6 is 11.6 Å². The maximum atomic E-state index is 6.06. The second-order valence-electron chi connectivity index (χ2n) is 4.73. The first kappa shape index (κ1) is 12.9. The van der Waals surface area contributed by atoms with E-state index in [0.717, 1.165) is 63.6 Å². The van der Waals surface area contributed by atoms with Gasteiger partial charge in [0, 0.05) is 36.9 Å². The monoisotopic (exact) mass is 255 g/mol. The lowest BCUT2D eigenvalue weighted by atomic mass is 10.1. The molecule has 0 amide bonds. The topological polar surface area (TPSA) is 32.5 Å². The molecule has 1 fully saturated rings. The molecular formula is C13H22ClN3. The third-order valence-electron chi connectivity index (χ3n) is 3.50. The third kappa shape index (κ3) is 3.73. The number of nitrogens with two attached hydrogens (primary N) is 1. The van der Waals surface area contributed by atoms with Crippen molar-refractivity contribution < 1.29 is 0 Å². The van der Waals surface area contributed by atoms with Gasteiger partial charge in [-0.2, -0.15) is 0 Å². The summed E-state index contributed by atoms with van der Waals surface area (Å²) in [5.41, 5.74) is 6.95. The Morgan fingerprint density at radius 2 is 2.00 bits per heavy atom. The Bertz CT molecular complexity index is 304. The summed E-state index contributed by atoms with van der Waals surface area (Å²) >= 11 is 6.06. The van der Waals surface area contributed by atoms with Crippen molar-refractivity contribution in [2.24, 2.45) is 5.73 Å². The van der Waals surface area contributed by atoms with Crippen molar-refractivity contribution in [1.82, 2.24) is 9.80 Å². The minimum absolute atomic E-state index is 0.797. The van der Waals surface area contributed by atoms with Crippen molar-refractivity contribution in [2.75, 3.05) is 39.3 Å². The van der Waals surface area contributed by atoms with E-state index < -0.39 is 0 Å². The third-order valence-corrected chi connectivity index (χ3v) is 3.76. The Hall–Kier alpha value is -0.510. The lowest BCUT2D eigenvalue weighted by Crippen LogP contribution is -2.46. The van der Waals surface area contributed by atoms with Crippen LogP contribution in [0.2, 0.25) is 0 Å². The van der Waals surface area contributed by atoms with Gasteiger partial charge in [0.25, 0.3) is 0 Å². The van der Waals surface area contributed by atoms with Crippen molar-refractivity contribution >= 4 is 11.6 Å². The molecule has 0 saturated carbocycles. The van der Waals surface area contributed by atoms with Gasteiger partial charge in [0.05, 0.1) is 0 Å². The van der Waals surface area contributed by atoms with Gasteiger partial charge in [0.15, 0.2) is 0 Å². The summed E-state index contributed by atoms with van der Waals surface area (Å²) in [4.78, 5) is 4.98. The molecule has 0 aromatic carbocycles. The van der Waals surface area contributed by atoms with Gasteiger partial charge in [-0.3, -0.25) is 4.90 Å². The van der Waals surface area contributed by atoms with Crippen LogP contribution in [0.1, 0.15) is 19.3 Å². The van der Waals surface area contributed by atoms with Gasteiger partial charge < -0.3 is 10.6 Å². The molecule has 1 aliphatic carbocycles. The standard InChI is InChI=1S/C13H22ClN3/c14-12-3-1-4-13(11-12)17-9-7-16(8-10-17)6-2-5-15/h3,11H,1-2,4-10,15H2. The number of piperazine rings is 1. The molecule has 2 aliphatic rings. The maximum Gasteiger partial charge on any atom is 0.0383 e. The average molecular weight is 256 g/mol. The molecule has 96 valence electrons. The molecular weight excluding hydrogens is 234 g/mol. The normalized spacial score (nSPS) is 22.4. The number of halogens is 1. The zero-order valence-electron chi connectivity index (χ0n) is 10.4. The minimum Gasteiger partial charge on any atom is -0.372 e. The summed E-state index contributed by atoms with van der Waals surface area (Å²) in [5, 5.41) is 0.900. The lowest BCUT2D eigenvalue weighted by Gasteiger charge is -2.38. The van der Waals surface area contributed by atoms with Crippen LogP contribution in [-0.4, -0.2) is 49.1 Å². The van der Waals surface area contributed by atoms with Gasteiger partial charge >= 0.3 is 0 Å². The molecule has 1 heterocycles. The molecule has 0 aromatic heterocycles. The Balaban J connectivity index is 1.81. The van der Waals surface area contributed by atoms with Crippen LogP contribution in [0, 0.1) is 0 Å². The van der Waals surface area contributed by atoms with E-state index in [2.05, 4.69) is 22.0 Å². The van der Waals surface area contributed by atoms with Crippen molar-refractivity contribution in [3.05, 3.63) is 22.9 Å². The Morgan fingerprint density at radius 3 is 2.65 bits per heavy atom. The fourth-order valence-electron chi connectivity index (χ4n) is 2.47. The molecule has 17 heavy (non-hydrogen) atoms. The van der Waals surface area contributed by atoms with E-state index in [1.54, 1.807) is 0 Å². The Morgan fingerprint density at radius 1 is 1.24 bits per heavy atom. The van der Waals surface area contributed by atoms with E-state index in [-0.39, 0.29) is 0 Å². The van der Waals surface area contributed by atoms with Gasteiger partial charge in [0.2, 0.25) is 0 Å². The number of hydrogen-bond acceptors (Lipinski definition) is 3. The quantitative estimate of drug-likeness (QED) is 0.831. The molecule has 1 aliphatic heterocycles. The second kappa shape index (κ2) is 6.43. The zero-order chi connectivity index (χ0) is 12.1. The van der Waals surface area contributed by atoms with Crippen LogP contribution in [0.15, 0.2) is 22.9 Å². The molecule has 2 rings (SSSR count). The van der Waals surface area contributed by atoms with E-state index >= 15 is 0 Å². The minimum atomic E-state index is 0.797. The highest BCUT2D eigenvalue weighted by Crippen LogP contribution is 2.23. The number of rotatable bonds is 4. The van der Waals surface area contributed by atoms with Gasteiger partial charge in [-0.1, -0.05) is 17.7 Å². The predicted molar refractivity (Wildman–Crippen MR) is 72.9 cm³/mol. The van der Waals surface area contributed by atoms with Gasteiger partial charge in [0.1, 0.15) is 0 Å². The van der Waals surface area contributed by atoms with Gasteiger partial charge in [-0.05, 0) is 38.4 Å². The van der Waals surface area contributed by atoms with Crippen LogP contribution in [0.25, 0.3) is 0 Å². The van der Waals surface area contributed by atoms with Crippen molar-refractivity contribution in [3.8, 4) is 0 Å². The zero-order valence-corrected chi connectivity index (χ0v) is 11.1. The number of nitrogens with zero attached hydrogens (tertiary/aromatic N) is 2. The summed E-state index contributed by atoms with van der Waals surface area (Å²) in [6.45, 7) is 6.49. The largest absolute Gasteiger partial charge is 0.372 e. The summed E-state index contributed by atoms with van der Waals surface area (Å²) in [5.74, 6) is 0. The molecule has 0 aromatic rings.